The van der Waals surface area contributed by atoms with Gasteiger partial charge in [0.2, 0.25) is 0 Å². The summed E-state index contributed by atoms with van der Waals surface area (Å²) in [5, 5.41) is 29.3. The normalized spacial score (nSPS) is 21.3. The van der Waals surface area contributed by atoms with E-state index in [2.05, 4.69) is 5.32 Å². The van der Waals surface area contributed by atoms with E-state index in [9.17, 15) is 14.4 Å². The average Bonchev–Trinajstić information content (AvgIpc) is 2.34. The van der Waals surface area contributed by atoms with Gasteiger partial charge in [-0.2, -0.15) is 0 Å². The molecule has 21 heavy (non-hydrogen) atoms. The van der Waals surface area contributed by atoms with E-state index in [0.717, 1.165) is 0 Å². The molecule has 1 rings (SSSR count). The van der Waals surface area contributed by atoms with E-state index in [1.807, 2.05) is 0 Å². The first-order valence-corrected chi connectivity index (χ1v) is 6.74. The van der Waals surface area contributed by atoms with Gasteiger partial charge in [0.05, 0.1) is 0 Å². The van der Waals surface area contributed by atoms with Gasteiger partial charge in [0, 0.05) is 13.1 Å². The molecular weight excluding hydrogens is 282 g/mol. The van der Waals surface area contributed by atoms with Crippen molar-refractivity contribution in [2.45, 2.75) is 37.4 Å². The topological polar surface area (TPSA) is 153 Å². The molecule has 1 aliphatic heterocycles. The molecule has 0 amide bonds. The van der Waals surface area contributed by atoms with Crippen LogP contribution in [0.5, 0.6) is 0 Å². The van der Waals surface area contributed by atoms with Crippen LogP contribution in [0.4, 0.5) is 0 Å². The number of nitrogens with one attached hydrogen (secondary N) is 1. The Labute approximate surface area is 121 Å². The SMILES string of the molecule is N[C@@H](CCNC(CCN1CCC1C(=O)O)C(=O)O)C(=O)O. The van der Waals surface area contributed by atoms with Gasteiger partial charge in [0.15, 0.2) is 0 Å². The van der Waals surface area contributed by atoms with Crippen LogP contribution < -0.4 is 11.1 Å². The van der Waals surface area contributed by atoms with E-state index in [-0.39, 0.29) is 19.4 Å². The van der Waals surface area contributed by atoms with Gasteiger partial charge in [-0.05, 0) is 25.8 Å². The van der Waals surface area contributed by atoms with Crippen molar-refractivity contribution in [2.24, 2.45) is 5.73 Å². The van der Waals surface area contributed by atoms with Crippen molar-refractivity contribution in [3.8, 4) is 0 Å². The second kappa shape index (κ2) is 7.91. The van der Waals surface area contributed by atoms with Crippen LogP contribution in [0.15, 0.2) is 0 Å². The van der Waals surface area contributed by atoms with Crippen molar-refractivity contribution >= 4 is 17.9 Å². The van der Waals surface area contributed by atoms with E-state index in [4.69, 9.17) is 21.1 Å². The maximum Gasteiger partial charge on any atom is 0.320 e. The molecule has 0 spiro atoms. The molecule has 1 saturated heterocycles. The molecule has 0 saturated carbocycles. The first kappa shape index (κ1) is 17.3. The van der Waals surface area contributed by atoms with Crippen LogP contribution in [0.1, 0.15) is 19.3 Å². The summed E-state index contributed by atoms with van der Waals surface area (Å²) >= 11 is 0. The molecule has 120 valence electrons. The lowest BCUT2D eigenvalue weighted by Gasteiger charge is -2.38. The fourth-order valence-electron chi connectivity index (χ4n) is 2.13. The van der Waals surface area contributed by atoms with E-state index < -0.39 is 36.0 Å². The molecule has 0 bridgehead atoms. The summed E-state index contributed by atoms with van der Waals surface area (Å²) in [7, 11) is 0. The third-order valence-electron chi connectivity index (χ3n) is 3.58. The summed E-state index contributed by atoms with van der Waals surface area (Å²) in [4.78, 5) is 34.2. The van der Waals surface area contributed by atoms with Gasteiger partial charge in [-0.1, -0.05) is 0 Å². The number of hydrogen-bond acceptors (Lipinski definition) is 6. The standard InChI is InChI=1S/C12H21N3O6/c13-7(10(16)17)1-4-14-8(11(18)19)2-5-15-6-3-9(15)12(20)21/h7-9,14H,1-6,13H2,(H,16,17)(H,18,19)(H,20,21)/t7-,8?,9?/m0/s1. The Morgan fingerprint density at radius 3 is 2.29 bits per heavy atom. The third-order valence-corrected chi connectivity index (χ3v) is 3.58. The second-order valence-corrected chi connectivity index (χ2v) is 5.05. The van der Waals surface area contributed by atoms with Gasteiger partial charge in [-0.15, -0.1) is 0 Å². The van der Waals surface area contributed by atoms with E-state index in [0.29, 0.717) is 19.5 Å². The minimum absolute atomic E-state index is 0.126. The van der Waals surface area contributed by atoms with Crippen molar-refractivity contribution in [1.82, 2.24) is 10.2 Å². The fraction of sp³-hybridized carbons (Fsp3) is 0.750. The number of nitrogens with two attached hydrogens (primary N) is 1. The largest absolute Gasteiger partial charge is 0.480 e. The highest BCUT2D eigenvalue weighted by atomic mass is 16.4. The second-order valence-electron chi connectivity index (χ2n) is 5.05. The van der Waals surface area contributed by atoms with Crippen LogP contribution in [0.3, 0.4) is 0 Å². The quantitative estimate of drug-likeness (QED) is 0.320. The number of hydrogen-bond donors (Lipinski definition) is 5. The molecular formula is C12H21N3O6. The summed E-state index contributed by atoms with van der Waals surface area (Å²) < 4.78 is 0. The number of likely N-dealkylation sites (tertiary alicyclic amines) is 1. The Hall–Kier alpha value is -1.71. The Bertz CT molecular complexity index is 402. The summed E-state index contributed by atoms with van der Waals surface area (Å²) in [5.41, 5.74) is 5.32. The van der Waals surface area contributed by atoms with E-state index in [1.165, 1.54) is 0 Å². The van der Waals surface area contributed by atoms with Gasteiger partial charge in [-0.3, -0.25) is 19.3 Å². The van der Waals surface area contributed by atoms with Crippen LogP contribution in [0.2, 0.25) is 0 Å². The molecule has 9 nitrogen and oxygen atoms in total. The van der Waals surface area contributed by atoms with E-state index in [1.54, 1.807) is 4.90 Å². The molecule has 0 aromatic carbocycles. The van der Waals surface area contributed by atoms with Gasteiger partial charge in [-0.25, -0.2) is 0 Å². The number of carboxylic acid groups (broad SMARTS) is 3. The number of carboxylic acids is 3. The minimum atomic E-state index is -1.13. The van der Waals surface area contributed by atoms with Gasteiger partial charge in [0.25, 0.3) is 0 Å². The fourth-order valence-corrected chi connectivity index (χ4v) is 2.13. The molecule has 6 N–H and O–H groups in total. The lowest BCUT2D eigenvalue weighted by atomic mass is 10.0. The zero-order chi connectivity index (χ0) is 16.0. The summed E-state index contributed by atoms with van der Waals surface area (Å²) in [6.07, 6.45) is 0.954. The van der Waals surface area contributed by atoms with Crippen LogP contribution in [-0.2, 0) is 14.4 Å². The Morgan fingerprint density at radius 2 is 1.86 bits per heavy atom. The zero-order valence-corrected chi connectivity index (χ0v) is 11.6. The molecule has 2 unspecified atom stereocenters. The maximum atomic E-state index is 11.1. The molecule has 1 aliphatic rings. The molecule has 0 aromatic heterocycles. The lowest BCUT2D eigenvalue weighted by molar-refractivity contribution is -0.148. The lowest BCUT2D eigenvalue weighted by Crippen LogP contribution is -2.54. The Kier molecular flexibility index (Phi) is 6.53. The van der Waals surface area contributed by atoms with Crippen molar-refractivity contribution in [1.29, 1.82) is 0 Å². The first-order chi connectivity index (χ1) is 9.82. The highest BCUT2D eigenvalue weighted by molar-refractivity contribution is 5.75. The number of nitrogens with zero attached hydrogens (tertiary/aromatic N) is 1. The Morgan fingerprint density at radius 1 is 1.19 bits per heavy atom. The molecule has 1 heterocycles. The van der Waals surface area contributed by atoms with Gasteiger partial charge in [0.1, 0.15) is 18.1 Å². The van der Waals surface area contributed by atoms with E-state index >= 15 is 0 Å². The van der Waals surface area contributed by atoms with Crippen LogP contribution >= 0.6 is 0 Å². The summed E-state index contributed by atoms with van der Waals surface area (Å²) in [5.74, 6) is -3.08. The monoisotopic (exact) mass is 303 g/mol. The molecule has 3 atom stereocenters. The molecule has 1 fully saturated rings. The van der Waals surface area contributed by atoms with Crippen molar-refractivity contribution in [3.05, 3.63) is 0 Å². The van der Waals surface area contributed by atoms with Gasteiger partial charge >= 0.3 is 17.9 Å². The van der Waals surface area contributed by atoms with Crippen molar-refractivity contribution < 1.29 is 29.7 Å². The number of rotatable bonds is 10. The molecule has 0 radical (unpaired) electrons. The summed E-state index contributed by atoms with van der Waals surface area (Å²) in [6.45, 7) is 1.19. The predicted molar refractivity (Wildman–Crippen MR) is 71.9 cm³/mol. The van der Waals surface area contributed by atoms with Gasteiger partial charge < -0.3 is 26.4 Å². The minimum Gasteiger partial charge on any atom is -0.480 e. The number of aliphatic carboxylic acids is 3. The zero-order valence-electron chi connectivity index (χ0n) is 11.6. The maximum absolute atomic E-state index is 11.1. The third kappa shape index (κ3) is 5.29. The summed E-state index contributed by atoms with van der Waals surface area (Å²) in [6, 6.07) is -2.40. The van der Waals surface area contributed by atoms with Crippen molar-refractivity contribution in [3.63, 3.8) is 0 Å². The molecule has 9 heteroatoms. The first-order valence-electron chi connectivity index (χ1n) is 6.74. The molecule has 0 aliphatic carbocycles. The smallest absolute Gasteiger partial charge is 0.320 e. The predicted octanol–water partition coefficient (Wildman–Crippen LogP) is -1.62. The van der Waals surface area contributed by atoms with Crippen molar-refractivity contribution in [2.75, 3.05) is 19.6 Å². The Balaban J connectivity index is 2.32. The molecule has 0 aromatic rings. The highest BCUT2D eigenvalue weighted by Gasteiger charge is 2.34. The number of carbonyl (C=O) groups is 3. The van der Waals surface area contributed by atoms with Crippen LogP contribution in [-0.4, -0.2) is 75.9 Å². The van der Waals surface area contributed by atoms with Crippen LogP contribution in [0, 0.1) is 0 Å². The van der Waals surface area contributed by atoms with Crippen LogP contribution in [0.25, 0.3) is 0 Å². The highest BCUT2D eigenvalue weighted by Crippen LogP contribution is 2.17. The average molecular weight is 303 g/mol.